The molecule has 0 aliphatic heterocycles. The van der Waals surface area contributed by atoms with Crippen molar-refractivity contribution in [2.24, 2.45) is 0 Å². The van der Waals surface area contributed by atoms with Gasteiger partial charge < -0.3 is 10.1 Å². The van der Waals surface area contributed by atoms with Gasteiger partial charge in [0.15, 0.2) is 6.61 Å². The number of carbonyl (C=O) groups is 2. The lowest BCUT2D eigenvalue weighted by molar-refractivity contribution is -0.124. The molecule has 1 aromatic carbocycles. The Morgan fingerprint density at radius 3 is 2.74 bits per heavy atom. The minimum absolute atomic E-state index is 0.113. The van der Waals surface area contributed by atoms with Gasteiger partial charge in [-0.15, -0.1) is 0 Å². The lowest BCUT2D eigenvalue weighted by Gasteiger charge is -2.08. The van der Waals surface area contributed by atoms with Gasteiger partial charge in [0.1, 0.15) is 5.82 Å². The van der Waals surface area contributed by atoms with Crippen LogP contribution in [0.1, 0.15) is 21.6 Å². The first kappa shape index (κ1) is 16.9. The molecule has 1 N–H and O–H groups in total. The van der Waals surface area contributed by atoms with Crippen LogP contribution in [0.3, 0.4) is 0 Å². The minimum Gasteiger partial charge on any atom is -0.452 e. The Morgan fingerprint density at radius 2 is 2.09 bits per heavy atom. The van der Waals surface area contributed by atoms with Crippen molar-refractivity contribution >= 4 is 23.5 Å². The van der Waals surface area contributed by atoms with Gasteiger partial charge in [-0.2, -0.15) is 0 Å². The first-order valence-electron chi connectivity index (χ1n) is 6.76. The smallest absolute Gasteiger partial charge is 0.340 e. The molecule has 5 nitrogen and oxygen atoms in total. The Kier molecular flexibility index (Phi) is 5.65. The van der Waals surface area contributed by atoms with Crippen LogP contribution in [0, 0.1) is 12.7 Å². The molecule has 1 heterocycles. The summed E-state index contributed by atoms with van der Waals surface area (Å²) in [6.45, 7) is 1.48. The van der Waals surface area contributed by atoms with Gasteiger partial charge in [0.2, 0.25) is 0 Å². The summed E-state index contributed by atoms with van der Waals surface area (Å²) in [6, 6.07) is 7.13. The summed E-state index contributed by atoms with van der Waals surface area (Å²) in [6.07, 6.45) is 1.38. The molecule has 0 fully saturated rings. The number of carbonyl (C=O) groups excluding carboxylic acids is 2. The summed E-state index contributed by atoms with van der Waals surface area (Å²) < 4.78 is 17.8. The number of aryl methyl sites for hydroxylation is 1. The van der Waals surface area contributed by atoms with E-state index in [1.54, 1.807) is 19.1 Å². The van der Waals surface area contributed by atoms with E-state index in [1.165, 1.54) is 18.3 Å². The largest absolute Gasteiger partial charge is 0.452 e. The van der Waals surface area contributed by atoms with Crippen LogP contribution in [0.4, 0.5) is 4.39 Å². The third-order valence-electron chi connectivity index (χ3n) is 2.97. The maximum absolute atomic E-state index is 12.9. The zero-order valence-corrected chi connectivity index (χ0v) is 13.1. The zero-order chi connectivity index (χ0) is 16.8. The molecule has 0 aliphatic carbocycles. The van der Waals surface area contributed by atoms with Crippen molar-refractivity contribution in [2.45, 2.75) is 13.5 Å². The van der Waals surface area contributed by atoms with E-state index in [9.17, 15) is 14.0 Å². The molecule has 23 heavy (non-hydrogen) atoms. The van der Waals surface area contributed by atoms with E-state index in [0.29, 0.717) is 5.56 Å². The number of nitrogens with one attached hydrogen (secondary N) is 1. The zero-order valence-electron chi connectivity index (χ0n) is 12.3. The van der Waals surface area contributed by atoms with Crippen LogP contribution in [-0.4, -0.2) is 23.5 Å². The van der Waals surface area contributed by atoms with E-state index < -0.39 is 24.3 Å². The van der Waals surface area contributed by atoms with Gasteiger partial charge in [0.05, 0.1) is 5.56 Å². The Labute approximate surface area is 137 Å². The van der Waals surface area contributed by atoms with Crippen molar-refractivity contribution in [3.8, 4) is 0 Å². The van der Waals surface area contributed by atoms with Crippen LogP contribution < -0.4 is 5.32 Å². The average Bonchev–Trinajstić information content (AvgIpc) is 2.52. The average molecular weight is 337 g/mol. The van der Waals surface area contributed by atoms with Crippen LogP contribution in [0.2, 0.25) is 5.02 Å². The topological polar surface area (TPSA) is 68.3 Å². The maximum atomic E-state index is 12.9. The van der Waals surface area contributed by atoms with E-state index in [0.717, 1.165) is 11.8 Å². The number of amides is 1. The Bertz CT molecular complexity index is 720. The number of ether oxygens (including phenoxy) is 1. The standard InChI is InChI=1S/C16H14ClFN2O3/c1-10-2-3-12(8-19-10)16(22)23-9-15(21)20-7-11-4-5-13(18)6-14(11)17/h2-6,8H,7,9H2,1H3,(H,20,21). The summed E-state index contributed by atoms with van der Waals surface area (Å²) in [7, 11) is 0. The van der Waals surface area contributed by atoms with Crippen molar-refractivity contribution in [2.75, 3.05) is 6.61 Å². The van der Waals surface area contributed by atoms with Gasteiger partial charge in [-0.3, -0.25) is 9.78 Å². The molecule has 0 spiro atoms. The van der Waals surface area contributed by atoms with Crippen molar-refractivity contribution in [1.29, 1.82) is 0 Å². The summed E-state index contributed by atoms with van der Waals surface area (Å²) >= 11 is 5.85. The number of benzene rings is 1. The van der Waals surface area contributed by atoms with E-state index in [-0.39, 0.29) is 17.1 Å². The third kappa shape index (κ3) is 5.03. The van der Waals surface area contributed by atoms with E-state index in [2.05, 4.69) is 10.3 Å². The molecule has 0 radical (unpaired) electrons. The molecule has 2 aromatic rings. The van der Waals surface area contributed by atoms with Gasteiger partial charge in [-0.25, -0.2) is 9.18 Å². The van der Waals surface area contributed by atoms with E-state index in [4.69, 9.17) is 16.3 Å². The van der Waals surface area contributed by atoms with Crippen LogP contribution in [0.15, 0.2) is 36.5 Å². The number of aromatic nitrogens is 1. The molecule has 0 saturated heterocycles. The number of pyridine rings is 1. The molecule has 1 amide bonds. The molecule has 0 atom stereocenters. The van der Waals surface area contributed by atoms with Gasteiger partial charge in [-0.1, -0.05) is 17.7 Å². The second-order valence-electron chi connectivity index (χ2n) is 4.78. The normalized spacial score (nSPS) is 10.2. The molecule has 1 aromatic heterocycles. The Hall–Kier alpha value is -2.47. The predicted molar refractivity (Wildman–Crippen MR) is 82.5 cm³/mol. The second kappa shape index (κ2) is 7.69. The third-order valence-corrected chi connectivity index (χ3v) is 3.32. The van der Waals surface area contributed by atoms with E-state index in [1.807, 2.05) is 0 Å². The van der Waals surface area contributed by atoms with Crippen LogP contribution in [0.5, 0.6) is 0 Å². The summed E-state index contributed by atoms with van der Waals surface area (Å²) in [5.74, 6) is -1.57. The van der Waals surface area contributed by atoms with Gasteiger partial charge in [0, 0.05) is 23.5 Å². The fourth-order valence-electron chi connectivity index (χ4n) is 1.71. The number of hydrogen-bond donors (Lipinski definition) is 1. The van der Waals surface area contributed by atoms with Crippen molar-refractivity contribution in [3.63, 3.8) is 0 Å². The van der Waals surface area contributed by atoms with Crippen LogP contribution >= 0.6 is 11.6 Å². The summed E-state index contributed by atoms with van der Waals surface area (Å²) in [5, 5.41) is 2.75. The fourth-order valence-corrected chi connectivity index (χ4v) is 1.95. The Balaban J connectivity index is 1.81. The number of esters is 1. The minimum atomic E-state index is -0.632. The predicted octanol–water partition coefficient (Wildman–Crippen LogP) is 2.66. The highest BCUT2D eigenvalue weighted by Gasteiger charge is 2.11. The first-order chi connectivity index (χ1) is 11.0. The maximum Gasteiger partial charge on any atom is 0.340 e. The molecule has 0 unspecified atom stereocenters. The molecular formula is C16H14ClFN2O3. The van der Waals surface area contributed by atoms with Gasteiger partial charge in [-0.05, 0) is 36.8 Å². The summed E-state index contributed by atoms with van der Waals surface area (Å²) in [5.41, 5.74) is 1.61. The summed E-state index contributed by atoms with van der Waals surface area (Å²) in [4.78, 5) is 27.4. The fraction of sp³-hybridized carbons (Fsp3) is 0.188. The lowest BCUT2D eigenvalue weighted by Crippen LogP contribution is -2.28. The molecule has 0 aliphatic rings. The molecular weight excluding hydrogens is 323 g/mol. The van der Waals surface area contributed by atoms with Crippen molar-refractivity contribution < 1.29 is 18.7 Å². The monoisotopic (exact) mass is 336 g/mol. The highest BCUT2D eigenvalue weighted by Crippen LogP contribution is 2.16. The van der Waals surface area contributed by atoms with Crippen LogP contribution in [-0.2, 0) is 16.1 Å². The second-order valence-corrected chi connectivity index (χ2v) is 5.18. The molecule has 7 heteroatoms. The molecule has 0 saturated carbocycles. The first-order valence-corrected chi connectivity index (χ1v) is 7.14. The molecule has 2 rings (SSSR count). The van der Waals surface area contributed by atoms with E-state index >= 15 is 0 Å². The lowest BCUT2D eigenvalue weighted by atomic mass is 10.2. The SMILES string of the molecule is Cc1ccc(C(=O)OCC(=O)NCc2ccc(F)cc2Cl)cn1. The number of halogens is 2. The highest BCUT2D eigenvalue weighted by molar-refractivity contribution is 6.31. The van der Waals surface area contributed by atoms with Crippen LogP contribution in [0.25, 0.3) is 0 Å². The quantitative estimate of drug-likeness (QED) is 0.852. The van der Waals surface area contributed by atoms with Crippen molar-refractivity contribution in [1.82, 2.24) is 10.3 Å². The highest BCUT2D eigenvalue weighted by atomic mass is 35.5. The Morgan fingerprint density at radius 1 is 1.30 bits per heavy atom. The number of rotatable bonds is 5. The number of hydrogen-bond acceptors (Lipinski definition) is 4. The molecule has 120 valence electrons. The molecule has 0 bridgehead atoms. The number of nitrogens with zero attached hydrogens (tertiary/aromatic N) is 1. The van der Waals surface area contributed by atoms with Gasteiger partial charge in [0.25, 0.3) is 5.91 Å². The van der Waals surface area contributed by atoms with Gasteiger partial charge >= 0.3 is 5.97 Å². The van der Waals surface area contributed by atoms with Crippen molar-refractivity contribution in [3.05, 3.63) is 64.2 Å².